The first-order chi connectivity index (χ1) is 12.5. The molecular weight excluding hydrogens is 332 g/mol. The van der Waals surface area contributed by atoms with E-state index in [-0.39, 0.29) is 24.3 Å². The largest absolute Gasteiger partial charge is 0.486 e. The average molecular weight is 354 g/mol. The Kier molecular flexibility index (Phi) is 5.41. The maximum absolute atomic E-state index is 12.3. The van der Waals surface area contributed by atoms with Gasteiger partial charge in [0.25, 0.3) is 0 Å². The quantitative estimate of drug-likeness (QED) is 0.866. The molecule has 1 aliphatic heterocycles. The van der Waals surface area contributed by atoms with E-state index in [0.717, 1.165) is 16.9 Å². The van der Waals surface area contributed by atoms with Crippen molar-refractivity contribution in [1.29, 1.82) is 0 Å². The molecule has 2 aromatic carbocycles. The fourth-order valence-electron chi connectivity index (χ4n) is 2.80. The maximum Gasteiger partial charge on any atom is 0.224 e. The molecule has 2 aromatic rings. The summed E-state index contributed by atoms with van der Waals surface area (Å²) in [6, 6.07) is 12.8. The van der Waals surface area contributed by atoms with Gasteiger partial charge in [-0.3, -0.25) is 9.59 Å². The molecule has 0 aromatic heterocycles. The van der Waals surface area contributed by atoms with E-state index in [1.54, 1.807) is 12.1 Å². The van der Waals surface area contributed by atoms with Crippen molar-refractivity contribution >= 4 is 17.5 Å². The smallest absolute Gasteiger partial charge is 0.224 e. The number of nitrogens with one attached hydrogen (secondary N) is 2. The molecule has 2 amide bonds. The highest BCUT2D eigenvalue weighted by Gasteiger charge is 2.16. The summed E-state index contributed by atoms with van der Waals surface area (Å²) in [6.45, 7) is 4.48. The Morgan fingerprint density at radius 2 is 1.73 bits per heavy atom. The molecule has 6 heteroatoms. The fourth-order valence-corrected chi connectivity index (χ4v) is 2.80. The summed E-state index contributed by atoms with van der Waals surface area (Å²) < 4.78 is 11.1. The molecule has 0 fully saturated rings. The highest BCUT2D eigenvalue weighted by Crippen LogP contribution is 2.32. The summed E-state index contributed by atoms with van der Waals surface area (Å²) in [5.41, 5.74) is 2.56. The van der Waals surface area contributed by atoms with Crippen LogP contribution in [0.5, 0.6) is 11.5 Å². The molecule has 26 heavy (non-hydrogen) atoms. The van der Waals surface area contributed by atoms with Gasteiger partial charge in [-0.2, -0.15) is 0 Å². The van der Waals surface area contributed by atoms with E-state index in [9.17, 15) is 9.59 Å². The normalized spacial score (nSPS) is 13.6. The molecule has 1 heterocycles. The zero-order valence-corrected chi connectivity index (χ0v) is 14.9. The molecule has 1 atom stereocenters. The number of carbonyl (C=O) groups is 2. The van der Waals surface area contributed by atoms with Crippen molar-refractivity contribution < 1.29 is 19.1 Å². The highest BCUT2D eigenvalue weighted by atomic mass is 16.6. The first-order valence-corrected chi connectivity index (χ1v) is 8.57. The second-order valence-corrected chi connectivity index (χ2v) is 6.25. The highest BCUT2D eigenvalue weighted by molar-refractivity contribution is 5.88. The first-order valence-electron chi connectivity index (χ1n) is 8.57. The Labute approximate surface area is 152 Å². The van der Waals surface area contributed by atoms with Crippen LogP contribution in [0.3, 0.4) is 0 Å². The number of rotatable bonds is 5. The van der Waals surface area contributed by atoms with E-state index in [1.165, 1.54) is 6.92 Å². The standard InChI is InChI=1S/C20H22N2O4/c1-13(16-5-8-18-19(12-16)26-10-9-25-18)21-20(24)11-15-3-6-17(7-4-15)22-14(2)23/h3-8,12-13H,9-11H2,1-2H3,(H,21,24)(H,22,23)/t13-/m1/s1. The number of carbonyl (C=O) groups excluding carboxylic acids is 2. The van der Waals surface area contributed by atoms with E-state index in [4.69, 9.17) is 9.47 Å². The van der Waals surface area contributed by atoms with E-state index in [1.807, 2.05) is 37.3 Å². The summed E-state index contributed by atoms with van der Waals surface area (Å²) in [5.74, 6) is 1.25. The minimum Gasteiger partial charge on any atom is -0.486 e. The van der Waals surface area contributed by atoms with Gasteiger partial charge in [0.1, 0.15) is 13.2 Å². The van der Waals surface area contributed by atoms with E-state index >= 15 is 0 Å². The molecule has 2 N–H and O–H groups in total. The SMILES string of the molecule is CC(=O)Nc1ccc(CC(=O)N[C@H](C)c2ccc3c(c2)OCCO3)cc1. The average Bonchev–Trinajstić information content (AvgIpc) is 2.62. The van der Waals surface area contributed by atoms with Crippen LogP contribution >= 0.6 is 0 Å². The maximum atomic E-state index is 12.3. The summed E-state index contributed by atoms with van der Waals surface area (Å²) in [6.07, 6.45) is 0.273. The van der Waals surface area contributed by atoms with Crippen LogP contribution in [0.2, 0.25) is 0 Å². The zero-order chi connectivity index (χ0) is 18.5. The minimum absolute atomic E-state index is 0.0698. The van der Waals surface area contributed by atoms with Crippen molar-refractivity contribution in [2.45, 2.75) is 26.3 Å². The van der Waals surface area contributed by atoms with Gasteiger partial charge in [0.2, 0.25) is 11.8 Å². The molecular formula is C20H22N2O4. The van der Waals surface area contributed by atoms with Gasteiger partial charge in [0.05, 0.1) is 12.5 Å². The van der Waals surface area contributed by atoms with Crippen molar-refractivity contribution in [2.24, 2.45) is 0 Å². The Balaban J connectivity index is 1.58. The molecule has 0 radical (unpaired) electrons. The van der Waals surface area contributed by atoms with Crippen LogP contribution in [0.15, 0.2) is 42.5 Å². The van der Waals surface area contributed by atoms with Crippen molar-refractivity contribution in [1.82, 2.24) is 5.32 Å². The molecule has 0 unspecified atom stereocenters. The topological polar surface area (TPSA) is 76.7 Å². The molecule has 0 saturated heterocycles. The number of fused-ring (bicyclic) bond motifs is 1. The fraction of sp³-hybridized carbons (Fsp3) is 0.300. The van der Waals surface area contributed by atoms with Crippen molar-refractivity contribution in [3.63, 3.8) is 0 Å². The number of benzene rings is 2. The van der Waals surface area contributed by atoms with Crippen LogP contribution in [0, 0.1) is 0 Å². The number of ether oxygens (including phenoxy) is 2. The molecule has 0 aliphatic carbocycles. The number of hydrogen-bond donors (Lipinski definition) is 2. The Bertz CT molecular complexity index is 802. The third-order valence-corrected chi connectivity index (χ3v) is 4.08. The van der Waals surface area contributed by atoms with Gasteiger partial charge in [-0.1, -0.05) is 18.2 Å². The molecule has 1 aliphatic rings. The van der Waals surface area contributed by atoms with Crippen LogP contribution in [0.4, 0.5) is 5.69 Å². The van der Waals surface area contributed by atoms with Gasteiger partial charge in [0, 0.05) is 12.6 Å². The van der Waals surface area contributed by atoms with E-state index < -0.39 is 0 Å². The molecule has 0 bridgehead atoms. The lowest BCUT2D eigenvalue weighted by molar-refractivity contribution is -0.121. The van der Waals surface area contributed by atoms with E-state index in [2.05, 4.69) is 10.6 Å². The summed E-state index contributed by atoms with van der Waals surface area (Å²) in [4.78, 5) is 23.3. The molecule has 0 saturated carbocycles. The van der Waals surface area contributed by atoms with E-state index in [0.29, 0.717) is 24.7 Å². The van der Waals surface area contributed by atoms with Gasteiger partial charge < -0.3 is 20.1 Å². The summed E-state index contributed by atoms with van der Waals surface area (Å²) in [7, 11) is 0. The van der Waals surface area contributed by atoms with Gasteiger partial charge >= 0.3 is 0 Å². The number of anilines is 1. The van der Waals surface area contributed by atoms with Crippen molar-refractivity contribution in [2.75, 3.05) is 18.5 Å². The minimum atomic E-state index is -0.142. The lowest BCUT2D eigenvalue weighted by atomic mass is 10.1. The van der Waals surface area contributed by atoms with Crippen LogP contribution in [0.25, 0.3) is 0 Å². The second-order valence-electron chi connectivity index (χ2n) is 6.25. The van der Waals surface area contributed by atoms with Crippen molar-refractivity contribution in [3.8, 4) is 11.5 Å². The molecule has 6 nitrogen and oxygen atoms in total. The zero-order valence-electron chi connectivity index (χ0n) is 14.9. The van der Waals surface area contributed by atoms with Crippen LogP contribution < -0.4 is 20.1 Å². The second kappa shape index (κ2) is 7.91. The van der Waals surface area contributed by atoms with Crippen LogP contribution in [-0.2, 0) is 16.0 Å². The lowest BCUT2D eigenvalue weighted by Gasteiger charge is -2.21. The number of amides is 2. The third kappa shape index (κ3) is 4.53. The lowest BCUT2D eigenvalue weighted by Crippen LogP contribution is -2.28. The molecule has 136 valence electrons. The predicted molar refractivity (Wildman–Crippen MR) is 98.4 cm³/mol. The first kappa shape index (κ1) is 17.8. The van der Waals surface area contributed by atoms with Crippen molar-refractivity contribution in [3.05, 3.63) is 53.6 Å². The van der Waals surface area contributed by atoms with Crippen LogP contribution in [-0.4, -0.2) is 25.0 Å². The van der Waals surface area contributed by atoms with Crippen LogP contribution in [0.1, 0.15) is 31.0 Å². The predicted octanol–water partition coefficient (Wildman–Crippen LogP) is 2.84. The van der Waals surface area contributed by atoms with Gasteiger partial charge in [-0.25, -0.2) is 0 Å². The molecule has 0 spiro atoms. The van der Waals surface area contributed by atoms with Gasteiger partial charge in [0.15, 0.2) is 11.5 Å². The van der Waals surface area contributed by atoms with Gasteiger partial charge in [-0.15, -0.1) is 0 Å². The Hall–Kier alpha value is -3.02. The van der Waals surface area contributed by atoms with Gasteiger partial charge in [-0.05, 0) is 42.3 Å². The Morgan fingerprint density at radius 3 is 2.42 bits per heavy atom. The summed E-state index contributed by atoms with van der Waals surface area (Å²) in [5, 5.41) is 5.70. The number of hydrogen-bond acceptors (Lipinski definition) is 4. The molecule has 3 rings (SSSR count). The Morgan fingerprint density at radius 1 is 1.04 bits per heavy atom. The summed E-state index contributed by atoms with van der Waals surface area (Å²) >= 11 is 0. The third-order valence-electron chi connectivity index (χ3n) is 4.08. The monoisotopic (exact) mass is 354 g/mol.